The van der Waals surface area contributed by atoms with Crippen LogP contribution < -0.4 is 30.7 Å². The molecule has 4 N–H and O–H groups in total. The van der Waals surface area contributed by atoms with Crippen molar-refractivity contribution in [2.24, 2.45) is 0 Å². The van der Waals surface area contributed by atoms with Crippen LogP contribution >= 0.6 is 0 Å². The molecule has 5 aromatic carbocycles. The molecule has 56 heavy (non-hydrogen) atoms. The van der Waals surface area contributed by atoms with E-state index in [1.165, 1.54) is 4.31 Å². The summed E-state index contributed by atoms with van der Waals surface area (Å²) in [6, 6.07) is 34.8. The Kier molecular flexibility index (Phi) is 11.6. The van der Waals surface area contributed by atoms with Gasteiger partial charge < -0.3 is 19.3 Å². The molecule has 14 heteroatoms. The summed E-state index contributed by atoms with van der Waals surface area (Å²) in [5, 5.41) is 12.9. The highest BCUT2D eigenvalue weighted by Gasteiger charge is 2.39. The van der Waals surface area contributed by atoms with Crippen LogP contribution in [0.25, 0.3) is 22.0 Å². The van der Waals surface area contributed by atoms with E-state index >= 15 is 8.42 Å². The van der Waals surface area contributed by atoms with Crippen molar-refractivity contribution >= 4 is 26.9 Å². The van der Waals surface area contributed by atoms with Crippen LogP contribution in [0.5, 0.6) is 17.2 Å². The first-order chi connectivity index (χ1) is 27.2. The number of aromatic nitrogens is 1. The minimum Gasteiger partial charge on any atom is -0.497 e. The first-order valence-electron chi connectivity index (χ1n) is 17.8. The predicted molar refractivity (Wildman–Crippen MR) is 212 cm³/mol. The number of hydrazine groups is 3. The third-order valence-corrected chi connectivity index (χ3v) is 11.6. The number of nitrogens with one attached hydrogen (secondary N) is 3. The summed E-state index contributed by atoms with van der Waals surface area (Å²) >= 11 is 0. The Labute approximate surface area is 325 Å². The van der Waals surface area contributed by atoms with Crippen LogP contribution in [0, 0.1) is 0 Å². The van der Waals surface area contributed by atoms with Crippen molar-refractivity contribution in [2.45, 2.75) is 37.1 Å². The lowest BCUT2D eigenvalue weighted by Crippen LogP contribution is -2.37. The van der Waals surface area contributed by atoms with E-state index in [1.54, 1.807) is 63.9 Å². The molecule has 0 aliphatic carbocycles. The van der Waals surface area contributed by atoms with Gasteiger partial charge in [-0.05, 0) is 81.9 Å². The molecule has 0 spiro atoms. The number of nitrogens with zero attached hydrogens (tertiary/aromatic N) is 3. The number of rotatable bonds is 15. The first-order valence-corrected chi connectivity index (χ1v) is 19.3. The van der Waals surface area contributed by atoms with Crippen molar-refractivity contribution in [1.29, 1.82) is 0 Å². The van der Waals surface area contributed by atoms with Gasteiger partial charge in [-0.15, -0.1) is 0 Å². The number of benzene rings is 5. The van der Waals surface area contributed by atoms with Gasteiger partial charge in [-0.25, -0.2) is 18.9 Å². The van der Waals surface area contributed by atoms with E-state index in [4.69, 9.17) is 14.2 Å². The van der Waals surface area contributed by atoms with Gasteiger partial charge in [0.25, 0.3) is 0 Å². The standard InChI is InChI=1S/C42H42N6O7S/c1-53-32-16-9-28(10-17-32)25-47(26-29-11-18-33(54-2)19-12-29)56(51,52)41-31(24-39(49)50)15-22-37(35-6-4-8-38-36(35)7-5-23-43-38)40(41)42-44-45-46-48(42)27-30-13-20-34(55-3)21-14-30/h4-23,42,44-46H,24-27H2,1-3H3,(H,49,50). The number of methoxy groups -OCH3 is 3. The van der Waals surface area contributed by atoms with Gasteiger partial charge in [-0.1, -0.05) is 66.7 Å². The first kappa shape index (κ1) is 38.4. The molecule has 6 aromatic rings. The van der Waals surface area contributed by atoms with Gasteiger partial charge >= 0.3 is 5.97 Å². The number of ether oxygens (including phenoxy) is 3. The summed E-state index contributed by atoms with van der Waals surface area (Å²) in [6.07, 6.45) is 0.350. The fourth-order valence-electron chi connectivity index (χ4n) is 6.92. The molecule has 1 saturated heterocycles. The molecule has 13 nitrogen and oxygen atoms in total. The van der Waals surface area contributed by atoms with Gasteiger partial charge in [0, 0.05) is 36.8 Å². The Morgan fingerprint density at radius 2 is 1.34 bits per heavy atom. The molecule has 0 amide bonds. The Hall–Kier alpha value is -5.87. The van der Waals surface area contributed by atoms with Gasteiger partial charge in [0.15, 0.2) is 0 Å². The number of carboxylic acids is 1. The highest BCUT2D eigenvalue weighted by atomic mass is 32.2. The molecular weight excluding hydrogens is 733 g/mol. The quantitative estimate of drug-likeness (QED) is 0.0972. The number of carbonyl (C=O) groups is 1. The predicted octanol–water partition coefficient (Wildman–Crippen LogP) is 5.97. The largest absolute Gasteiger partial charge is 0.497 e. The van der Waals surface area contributed by atoms with Crippen LogP contribution in [0.2, 0.25) is 0 Å². The number of fused-ring (bicyclic) bond motifs is 1. The zero-order chi connectivity index (χ0) is 39.2. The lowest BCUT2D eigenvalue weighted by Gasteiger charge is -2.31. The molecule has 0 radical (unpaired) electrons. The van der Waals surface area contributed by atoms with Crippen molar-refractivity contribution in [2.75, 3.05) is 21.3 Å². The monoisotopic (exact) mass is 774 g/mol. The van der Waals surface area contributed by atoms with E-state index in [0.29, 0.717) is 46.0 Å². The molecule has 0 saturated carbocycles. The summed E-state index contributed by atoms with van der Waals surface area (Å²) in [7, 11) is 0.228. The van der Waals surface area contributed by atoms with Crippen molar-refractivity contribution < 1.29 is 32.5 Å². The van der Waals surface area contributed by atoms with E-state index in [-0.39, 0.29) is 23.5 Å². The van der Waals surface area contributed by atoms with Crippen molar-refractivity contribution in [3.05, 3.63) is 149 Å². The fraction of sp³-hybridized carbons (Fsp3) is 0.190. The summed E-state index contributed by atoms with van der Waals surface area (Å²) in [4.78, 5) is 17.0. The highest BCUT2D eigenvalue weighted by Crippen LogP contribution is 2.42. The zero-order valence-corrected chi connectivity index (χ0v) is 31.9. The zero-order valence-electron chi connectivity index (χ0n) is 31.1. The van der Waals surface area contributed by atoms with Crippen LogP contribution in [0.3, 0.4) is 0 Å². The topological polar surface area (TPSA) is 155 Å². The van der Waals surface area contributed by atoms with Gasteiger partial charge in [-0.3, -0.25) is 9.78 Å². The second-order valence-electron chi connectivity index (χ2n) is 13.2. The molecule has 1 aliphatic heterocycles. The SMILES string of the molecule is COc1ccc(CN2NNNC2c2c(-c3cccc4ncccc34)ccc(CC(=O)O)c2S(=O)(=O)N(Cc2ccc(OC)cc2)Cc2ccc(OC)cc2)cc1. The molecule has 1 unspecified atom stereocenters. The second-order valence-corrected chi connectivity index (χ2v) is 15.1. The molecule has 288 valence electrons. The van der Waals surface area contributed by atoms with Gasteiger partial charge in [0.05, 0.1) is 38.2 Å². The highest BCUT2D eigenvalue weighted by molar-refractivity contribution is 7.89. The molecule has 1 aliphatic rings. The van der Waals surface area contributed by atoms with Gasteiger partial charge in [-0.2, -0.15) is 15.4 Å². The average molecular weight is 775 g/mol. The lowest BCUT2D eigenvalue weighted by atomic mass is 9.92. The summed E-state index contributed by atoms with van der Waals surface area (Å²) in [6.45, 7) is 0.295. The van der Waals surface area contributed by atoms with E-state index in [1.807, 2.05) is 83.9 Å². The fourth-order valence-corrected chi connectivity index (χ4v) is 8.79. The van der Waals surface area contributed by atoms with E-state index < -0.39 is 28.6 Å². The summed E-state index contributed by atoms with van der Waals surface area (Å²) < 4.78 is 48.9. The third-order valence-electron chi connectivity index (χ3n) is 9.69. The van der Waals surface area contributed by atoms with E-state index in [9.17, 15) is 9.90 Å². The molecular formula is C42H42N6O7S. The Bertz CT molecular complexity index is 2370. The van der Waals surface area contributed by atoms with E-state index in [2.05, 4.69) is 21.5 Å². The number of sulfonamides is 1. The molecule has 0 bridgehead atoms. The van der Waals surface area contributed by atoms with Crippen molar-refractivity contribution in [1.82, 2.24) is 30.8 Å². The van der Waals surface area contributed by atoms with E-state index in [0.717, 1.165) is 22.0 Å². The van der Waals surface area contributed by atoms with Crippen LogP contribution in [-0.2, 0) is 40.9 Å². The minimum absolute atomic E-state index is 0.0170. The molecule has 7 rings (SSSR count). The van der Waals surface area contributed by atoms with Crippen LogP contribution in [-0.4, -0.2) is 55.1 Å². The third kappa shape index (κ3) is 8.21. The number of hydrogen-bond donors (Lipinski definition) is 4. The Balaban J connectivity index is 1.46. The number of aliphatic carboxylic acids is 1. The maximum atomic E-state index is 15.7. The molecule has 2 heterocycles. The average Bonchev–Trinajstić information content (AvgIpc) is 3.68. The lowest BCUT2D eigenvalue weighted by molar-refractivity contribution is -0.136. The molecule has 1 atom stereocenters. The summed E-state index contributed by atoms with van der Waals surface area (Å²) in [5.74, 6) is 0.792. The number of hydrogen-bond acceptors (Lipinski definition) is 11. The van der Waals surface area contributed by atoms with Crippen molar-refractivity contribution in [3.63, 3.8) is 0 Å². The number of pyridine rings is 1. The van der Waals surface area contributed by atoms with Gasteiger partial charge in [0.1, 0.15) is 23.4 Å². The maximum absolute atomic E-state index is 15.7. The molecule has 1 fully saturated rings. The maximum Gasteiger partial charge on any atom is 0.307 e. The van der Waals surface area contributed by atoms with Crippen LogP contribution in [0.4, 0.5) is 0 Å². The second kappa shape index (κ2) is 16.9. The van der Waals surface area contributed by atoms with Gasteiger partial charge in [0.2, 0.25) is 10.0 Å². The minimum atomic E-state index is -4.51. The van der Waals surface area contributed by atoms with Crippen LogP contribution in [0.15, 0.2) is 126 Å². The normalized spacial score (nSPS) is 14.6. The Morgan fingerprint density at radius 3 is 1.91 bits per heavy atom. The smallest absolute Gasteiger partial charge is 0.307 e. The van der Waals surface area contributed by atoms with Crippen LogP contribution in [0.1, 0.15) is 34.0 Å². The number of carboxylic acid groups (broad SMARTS) is 1. The van der Waals surface area contributed by atoms with Crippen molar-refractivity contribution in [3.8, 4) is 28.4 Å². The Morgan fingerprint density at radius 1 is 0.750 bits per heavy atom. The molecule has 1 aromatic heterocycles. The summed E-state index contributed by atoms with van der Waals surface area (Å²) in [5.41, 5.74) is 14.3.